The second-order valence-corrected chi connectivity index (χ2v) is 6.10. The van der Waals surface area contributed by atoms with Gasteiger partial charge in [-0.05, 0) is 38.3 Å². The number of pyridine rings is 1. The number of imide groups is 1. The Bertz CT molecular complexity index is 627. The number of likely N-dealkylation sites (tertiary alicyclic amines) is 1. The molecule has 23 heavy (non-hydrogen) atoms. The first-order valence-corrected chi connectivity index (χ1v) is 7.86. The Hall–Kier alpha value is -2.44. The van der Waals surface area contributed by atoms with Crippen LogP contribution in [0, 0.1) is 0 Å². The van der Waals surface area contributed by atoms with Gasteiger partial charge in [0.1, 0.15) is 6.54 Å². The van der Waals surface area contributed by atoms with Crippen LogP contribution in [0.3, 0.4) is 0 Å². The molecule has 7 heteroatoms. The predicted octanol–water partition coefficient (Wildman–Crippen LogP) is 0.861. The highest BCUT2D eigenvalue weighted by Gasteiger charge is 2.50. The lowest BCUT2D eigenvalue weighted by molar-refractivity contribution is -0.139. The van der Waals surface area contributed by atoms with E-state index in [1.807, 2.05) is 0 Å². The molecule has 0 saturated carbocycles. The van der Waals surface area contributed by atoms with Gasteiger partial charge < -0.3 is 10.2 Å². The zero-order valence-corrected chi connectivity index (χ0v) is 13.1. The van der Waals surface area contributed by atoms with E-state index in [4.69, 9.17) is 0 Å². The first-order chi connectivity index (χ1) is 11.0. The third-order valence-corrected chi connectivity index (χ3v) is 4.45. The summed E-state index contributed by atoms with van der Waals surface area (Å²) in [5.74, 6) is -0.620. The monoisotopic (exact) mass is 316 g/mol. The number of aromatic nitrogens is 1. The molecule has 122 valence electrons. The first-order valence-electron chi connectivity index (χ1n) is 7.86. The normalized spacial score (nSPS) is 24.7. The Kier molecular flexibility index (Phi) is 4.02. The van der Waals surface area contributed by atoms with E-state index < -0.39 is 17.5 Å². The Balaban J connectivity index is 1.75. The molecule has 1 atom stereocenters. The summed E-state index contributed by atoms with van der Waals surface area (Å²) in [6.07, 6.45) is 4.63. The average molecular weight is 316 g/mol. The van der Waals surface area contributed by atoms with Crippen LogP contribution < -0.4 is 5.32 Å². The second-order valence-electron chi connectivity index (χ2n) is 6.10. The Labute approximate surface area is 134 Å². The van der Waals surface area contributed by atoms with Gasteiger partial charge >= 0.3 is 6.03 Å². The van der Waals surface area contributed by atoms with Crippen molar-refractivity contribution in [3.8, 4) is 0 Å². The number of urea groups is 1. The van der Waals surface area contributed by atoms with E-state index in [2.05, 4.69) is 10.3 Å². The molecule has 3 heterocycles. The van der Waals surface area contributed by atoms with Gasteiger partial charge in [-0.2, -0.15) is 0 Å². The van der Waals surface area contributed by atoms with E-state index in [0.717, 1.165) is 24.2 Å². The smallest absolute Gasteiger partial charge is 0.325 e. The van der Waals surface area contributed by atoms with Crippen LogP contribution in [0.1, 0.15) is 31.9 Å². The summed E-state index contributed by atoms with van der Waals surface area (Å²) in [7, 11) is 0. The van der Waals surface area contributed by atoms with Gasteiger partial charge in [0.15, 0.2) is 5.54 Å². The maximum absolute atomic E-state index is 12.7. The molecule has 2 aliphatic rings. The van der Waals surface area contributed by atoms with Gasteiger partial charge in [0.05, 0.1) is 5.69 Å². The van der Waals surface area contributed by atoms with Crippen LogP contribution in [0.5, 0.6) is 0 Å². The van der Waals surface area contributed by atoms with Gasteiger partial charge in [-0.15, -0.1) is 0 Å². The molecule has 1 aromatic rings. The Morgan fingerprint density at radius 2 is 2.00 bits per heavy atom. The number of nitrogens with one attached hydrogen (secondary N) is 1. The molecule has 4 amide bonds. The van der Waals surface area contributed by atoms with E-state index in [9.17, 15) is 14.4 Å². The molecule has 2 fully saturated rings. The molecule has 7 nitrogen and oxygen atoms in total. The third kappa shape index (κ3) is 2.78. The van der Waals surface area contributed by atoms with Crippen LogP contribution >= 0.6 is 0 Å². The van der Waals surface area contributed by atoms with Gasteiger partial charge in [0.2, 0.25) is 5.91 Å². The van der Waals surface area contributed by atoms with Crippen molar-refractivity contribution in [1.82, 2.24) is 20.1 Å². The highest BCUT2D eigenvalue weighted by Crippen LogP contribution is 2.27. The molecular formula is C16H20N4O3. The zero-order chi connectivity index (χ0) is 16.4. The van der Waals surface area contributed by atoms with Crippen LogP contribution in [-0.2, 0) is 15.1 Å². The van der Waals surface area contributed by atoms with E-state index in [0.29, 0.717) is 18.8 Å². The van der Waals surface area contributed by atoms with Gasteiger partial charge in [-0.25, -0.2) is 4.79 Å². The van der Waals surface area contributed by atoms with Crippen LogP contribution in [0.15, 0.2) is 24.4 Å². The van der Waals surface area contributed by atoms with Crippen molar-refractivity contribution >= 4 is 17.8 Å². The van der Waals surface area contributed by atoms with Crippen LogP contribution in [0.25, 0.3) is 0 Å². The third-order valence-electron chi connectivity index (χ3n) is 4.45. The lowest BCUT2D eigenvalue weighted by Crippen LogP contribution is -2.46. The number of nitrogens with zero attached hydrogens (tertiary/aromatic N) is 3. The SMILES string of the molecule is C[C@]1(c2ccccn2)NC(=O)N(CC(=O)N2CCCCC2)C1=O. The van der Waals surface area contributed by atoms with Gasteiger partial charge in [0, 0.05) is 19.3 Å². The number of carbonyl (C=O) groups excluding carboxylic acids is 3. The molecule has 0 unspecified atom stereocenters. The summed E-state index contributed by atoms with van der Waals surface area (Å²) in [6.45, 7) is 2.79. The van der Waals surface area contributed by atoms with E-state index in [1.54, 1.807) is 36.2 Å². The van der Waals surface area contributed by atoms with Gasteiger partial charge in [0.25, 0.3) is 5.91 Å². The minimum Gasteiger partial charge on any atom is -0.341 e. The van der Waals surface area contributed by atoms with Crippen LogP contribution in [-0.4, -0.2) is 52.3 Å². The number of piperidine rings is 1. The standard InChI is InChI=1S/C16H20N4O3/c1-16(12-7-3-4-8-17-12)14(22)20(15(23)18-16)11-13(21)19-9-5-2-6-10-19/h3-4,7-8H,2,5-6,9-11H2,1H3,(H,18,23)/t16-/m1/s1. The first kappa shape index (κ1) is 15.5. The van der Waals surface area contributed by atoms with Crippen molar-refractivity contribution in [2.75, 3.05) is 19.6 Å². The lowest BCUT2D eigenvalue weighted by atomic mass is 9.97. The topological polar surface area (TPSA) is 82.6 Å². The van der Waals surface area contributed by atoms with Crippen LogP contribution in [0.2, 0.25) is 0 Å². The quantitative estimate of drug-likeness (QED) is 0.839. The molecule has 2 aliphatic heterocycles. The summed E-state index contributed by atoms with van der Waals surface area (Å²) in [6, 6.07) is 4.64. The molecule has 0 aliphatic carbocycles. The highest BCUT2D eigenvalue weighted by molar-refractivity contribution is 6.08. The maximum atomic E-state index is 12.7. The number of amides is 4. The molecule has 0 aromatic carbocycles. The number of carbonyl (C=O) groups is 3. The Morgan fingerprint density at radius 1 is 1.26 bits per heavy atom. The van der Waals surface area contributed by atoms with Crippen LogP contribution in [0.4, 0.5) is 4.79 Å². The minimum atomic E-state index is -1.22. The highest BCUT2D eigenvalue weighted by atomic mass is 16.2. The number of hydrogen-bond acceptors (Lipinski definition) is 4. The van der Waals surface area contributed by atoms with Crippen molar-refractivity contribution in [2.45, 2.75) is 31.7 Å². The molecule has 0 spiro atoms. The maximum Gasteiger partial charge on any atom is 0.325 e. The molecule has 0 bridgehead atoms. The summed E-state index contributed by atoms with van der Waals surface area (Å²) >= 11 is 0. The number of rotatable bonds is 3. The molecule has 0 radical (unpaired) electrons. The molecule has 3 rings (SSSR count). The Morgan fingerprint density at radius 3 is 2.65 bits per heavy atom. The molecule has 2 saturated heterocycles. The van der Waals surface area contributed by atoms with E-state index in [1.165, 1.54) is 0 Å². The molecule has 1 N–H and O–H groups in total. The second kappa shape index (κ2) is 5.98. The van der Waals surface area contributed by atoms with Crippen molar-refractivity contribution in [3.63, 3.8) is 0 Å². The summed E-state index contributed by atoms with van der Waals surface area (Å²) in [5.41, 5.74) is -0.758. The fraction of sp³-hybridized carbons (Fsp3) is 0.500. The van der Waals surface area contributed by atoms with Crippen molar-refractivity contribution in [3.05, 3.63) is 30.1 Å². The summed E-state index contributed by atoms with van der Waals surface area (Å²) in [5, 5.41) is 2.66. The molecular weight excluding hydrogens is 296 g/mol. The molecule has 1 aromatic heterocycles. The van der Waals surface area contributed by atoms with E-state index in [-0.39, 0.29) is 12.5 Å². The van der Waals surface area contributed by atoms with Gasteiger partial charge in [-0.3, -0.25) is 19.5 Å². The average Bonchev–Trinajstić information content (AvgIpc) is 2.81. The fourth-order valence-electron chi connectivity index (χ4n) is 3.05. The van der Waals surface area contributed by atoms with Crippen molar-refractivity contribution in [2.24, 2.45) is 0 Å². The van der Waals surface area contributed by atoms with E-state index >= 15 is 0 Å². The largest absolute Gasteiger partial charge is 0.341 e. The predicted molar refractivity (Wildman–Crippen MR) is 82.3 cm³/mol. The lowest BCUT2D eigenvalue weighted by Gasteiger charge is -2.28. The van der Waals surface area contributed by atoms with Gasteiger partial charge in [-0.1, -0.05) is 6.07 Å². The number of hydrogen-bond donors (Lipinski definition) is 1. The minimum absolute atomic E-state index is 0.182. The zero-order valence-electron chi connectivity index (χ0n) is 13.1. The summed E-state index contributed by atoms with van der Waals surface area (Å²) in [4.78, 5) is 44.1. The fourth-order valence-corrected chi connectivity index (χ4v) is 3.05. The van der Waals surface area contributed by atoms with Crippen molar-refractivity contribution < 1.29 is 14.4 Å². The van der Waals surface area contributed by atoms with Crippen molar-refractivity contribution in [1.29, 1.82) is 0 Å². The summed E-state index contributed by atoms with van der Waals surface area (Å²) < 4.78 is 0.